The van der Waals surface area contributed by atoms with Crippen molar-refractivity contribution in [2.24, 2.45) is 0 Å². The number of carbonyl (C=O) groups is 2. The van der Waals surface area contributed by atoms with E-state index in [1.54, 1.807) is 6.92 Å². The summed E-state index contributed by atoms with van der Waals surface area (Å²) in [5.74, 6) is -3.25. The molecule has 0 heterocycles. The van der Waals surface area contributed by atoms with E-state index in [0.717, 1.165) is 12.1 Å². The zero-order chi connectivity index (χ0) is 17.0. The lowest BCUT2D eigenvalue weighted by Crippen LogP contribution is -2.22. The van der Waals surface area contributed by atoms with Gasteiger partial charge in [0.1, 0.15) is 17.4 Å². The van der Waals surface area contributed by atoms with Crippen LogP contribution in [0.5, 0.6) is 5.75 Å². The third-order valence-corrected chi connectivity index (χ3v) is 2.96. The molecule has 0 aliphatic rings. The predicted molar refractivity (Wildman–Crippen MR) is 80.4 cm³/mol. The molecular formula is C16H14F2N2O3. The molecule has 2 aromatic rings. The van der Waals surface area contributed by atoms with Crippen molar-refractivity contribution in [1.29, 1.82) is 0 Å². The number of phenols is 1. The minimum absolute atomic E-state index is 0.0571. The van der Waals surface area contributed by atoms with Crippen LogP contribution in [0.4, 0.5) is 14.5 Å². The Kier molecular flexibility index (Phi) is 4.90. The van der Waals surface area contributed by atoms with Crippen LogP contribution < -0.4 is 10.6 Å². The molecule has 2 aromatic carbocycles. The molecule has 2 amide bonds. The highest BCUT2D eigenvalue weighted by atomic mass is 19.1. The molecule has 23 heavy (non-hydrogen) atoms. The second kappa shape index (κ2) is 6.87. The average Bonchev–Trinajstić information content (AvgIpc) is 2.46. The highest BCUT2D eigenvalue weighted by Crippen LogP contribution is 2.22. The van der Waals surface area contributed by atoms with E-state index in [1.807, 2.05) is 0 Å². The second-order valence-corrected chi connectivity index (χ2v) is 4.70. The largest absolute Gasteiger partial charge is 0.507 e. The maximum Gasteiger partial charge on any atom is 0.255 e. The molecule has 7 heteroatoms. The van der Waals surface area contributed by atoms with E-state index >= 15 is 0 Å². The van der Waals surface area contributed by atoms with Crippen molar-refractivity contribution in [3.05, 3.63) is 59.2 Å². The van der Waals surface area contributed by atoms with Crippen LogP contribution >= 0.6 is 0 Å². The average molecular weight is 320 g/mol. The van der Waals surface area contributed by atoms with Gasteiger partial charge < -0.3 is 15.7 Å². The van der Waals surface area contributed by atoms with Crippen molar-refractivity contribution in [2.75, 3.05) is 11.9 Å². The molecule has 0 spiro atoms. The first-order valence-electron chi connectivity index (χ1n) is 6.79. The molecule has 0 aliphatic heterocycles. The molecule has 0 radical (unpaired) electrons. The minimum atomic E-state index is -0.871. The van der Waals surface area contributed by atoms with E-state index in [0.29, 0.717) is 12.6 Å². The fourth-order valence-corrected chi connectivity index (χ4v) is 1.95. The van der Waals surface area contributed by atoms with Crippen LogP contribution in [0.25, 0.3) is 0 Å². The Hall–Kier alpha value is -2.96. The summed E-state index contributed by atoms with van der Waals surface area (Å²) in [6, 6.07) is 6.35. The lowest BCUT2D eigenvalue weighted by Gasteiger charge is -2.09. The number of benzene rings is 2. The van der Waals surface area contributed by atoms with Crippen molar-refractivity contribution >= 4 is 17.5 Å². The highest BCUT2D eigenvalue weighted by Gasteiger charge is 2.13. The quantitative estimate of drug-likeness (QED) is 0.810. The van der Waals surface area contributed by atoms with Crippen molar-refractivity contribution in [3.8, 4) is 5.75 Å². The molecular weight excluding hydrogens is 306 g/mol. The predicted octanol–water partition coefficient (Wildman–Crippen LogP) is 2.67. The third-order valence-electron chi connectivity index (χ3n) is 2.96. The number of halogens is 2. The lowest BCUT2D eigenvalue weighted by molar-refractivity contribution is 0.0952. The van der Waals surface area contributed by atoms with Gasteiger partial charge in [0.05, 0.1) is 5.56 Å². The summed E-state index contributed by atoms with van der Waals surface area (Å²) in [5, 5.41) is 14.7. The Morgan fingerprint density at radius 2 is 1.70 bits per heavy atom. The molecule has 0 saturated heterocycles. The molecule has 0 bridgehead atoms. The smallest absolute Gasteiger partial charge is 0.255 e. The fraction of sp³-hybridized carbons (Fsp3) is 0.125. The Morgan fingerprint density at radius 3 is 2.26 bits per heavy atom. The summed E-state index contributed by atoms with van der Waals surface area (Å²) in [7, 11) is 0. The monoisotopic (exact) mass is 320 g/mol. The number of nitrogens with one attached hydrogen (secondary N) is 2. The maximum absolute atomic E-state index is 13.1. The number of hydrogen-bond acceptors (Lipinski definition) is 3. The summed E-state index contributed by atoms with van der Waals surface area (Å²) in [6.45, 7) is 2.14. The van der Waals surface area contributed by atoms with Gasteiger partial charge in [-0.2, -0.15) is 0 Å². The number of aromatic hydroxyl groups is 1. The van der Waals surface area contributed by atoms with E-state index in [9.17, 15) is 23.5 Å². The van der Waals surface area contributed by atoms with E-state index in [2.05, 4.69) is 10.6 Å². The maximum atomic E-state index is 13.1. The molecule has 0 aromatic heterocycles. The van der Waals surface area contributed by atoms with Crippen LogP contribution in [0, 0.1) is 11.6 Å². The summed E-state index contributed by atoms with van der Waals surface area (Å²) in [5.41, 5.74) is 0.0432. The van der Waals surface area contributed by atoms with Crippen LogP contribution in [0.2, 0.25) is 0 Å². The highest BCUT2D eigenvalue weighted by molar-refractivity contribution is 6.05. The van der Waals surface area contributed by atoms with Gasteiger partial charge in [-0.15, -0.1) is 0 Å². The van der Waals surface area contributed by atoms with Crippen LogP contribution in [0.3, 0.4) is 0 Å². The molecule has 3 N–H and O–H groups in total. The van der Waals surface area contributed by atoms with E-state index in [-0.39, 0.29) is 22.6 Å². The van der Waals surface area contributed by atoms with Crippen LogP contribution in [-0.4, -0.2) is 23.5 Å². The van der Waals surface area contributed by atoms with E-state index in [1.165, 1.54) is 18.2 Å². The van der Waals surface area contributed by atoms with Gasteiger partial charge in [-0.1, -0.05) is 0 Å². The number of carbonyl (C=O) groups excluding carboxylic acids is 2. The molecule has 0 unspecified atom stereocenters. The van der Waals surface area contributed by atoms with Gasteiger partial charge in [0.15, 0.2) is 0 Å². The van der Waals surface area contributed by atoms with Gasteiger partial charge in [0.25, 0.3) is 11.8 Å². The number of anilines is 1. The first kappa shape index (κ1) is 16.4. The van der Waals surface area contributed by atoms with Crippen molar-refractivity contribution in [3.63, 3.8) is 0 Å². The van der Waals surface area contributed by atoms with Crippen LogP contribution in [0.1, 0.15) is 27.6 Å². The second-order valence-electron chi connectivity index (χ2n) is 4.70. The first-order valence-corrected chi connectivity index (χ1v) is 6.79. The van der Waals surface area contributed by atoms with Gasteiger partial charge in [-0.3, -0.25) is 9.59 Å². The molecule has 0 fully saturated rings. The van der Waals surface area contributed by atoms with Crippen LogP contribution in [-0.2, 0) is 0 Å². The number of amides is 2. The van der Waals surface area contributed by atoms with E-state index < -0.39 is 23.4 Å². The Balaban J connectivity index is 2.18. The Morgan fingerprint density at radius 1 is 1.04 bits per heavy atom. The summed E-state index contributed by atoms with van der Waals surface area (Å²) in [6.07, 6.45) is 0. The standard InChI is InChI=1S/C16H14F2N2O3/c1-2-19-16(23)13-4-3-12(8-14(13)21)20-15(22)9-5-10(17)7-11(18)6-9/h3-8,21H,2H2,1H3,(H,19,23)(H,20,22). The third kappa shape index (κ3) is 4.03. The summed E-state index contributed by atoms with van der Waals surface area (Å²) >= 11 is 0. The molecule has 0 aliphatic carbocycles. The van der Waals surface area contributed by atoms with Crippen LogP contribution in [0.15, 0.2) is 36.4 Å². The lowest BCUT2D eigenvalue weighted by atomic mass is 10.1. The number of rotatable bonds is 4. The van der Waals surface area contributed by atoms with E-state index in [4.69, 9.17) is 0 Å². The zero-order valence-corrected chi connectivity index (χ0v) is 12.2. The first-order chi connectivity index (χ1) is 10.9. The van der Waals surface area contributed by atoms with Crippen molar-refractivity contribution in [1.82, 2.24) is 5.32 Å². The SMILES string of the molecule is CCNC(=O)c1ccc(NC(=O)c2cc(F)cc(F)c2)cc1O. The molecule has 0 atom stereocenters. The summed E-state index contributed by atoms with van der Waals surface area (Å²) in [4.78, 5) is 23.6. The molecule has 120 valence electrons. The Labute approximate surface area is 130 Å². The summed E-state index contributed by atoms with van der Waals surface area (Å²) < 4.78 is 26.2. The van der Waals surface area contributed by atoms with Gasteiger partial charge in [0.2, 0.25) is 0 Å². The number of hydrogen-bond donors (Lipinski definition) is 3. The van der Waals surface area contributed by atoms with Gasteiger partial charge >= 0.3 is 0 Å². The van der Waals surface area contributed by atoms with Crippen molar-refractivity contribution in [2.45, 2.75) is 6.92 Å². The Bertz CT molecular complexity index is 743. The van der Waals surface area contributed by atoms with Gasteiger partial charge in [-0.25, -0.2) is 8.78 Å². The fourth-order valence-electron chi connectivity index (χ4n) is 1.95. The van der Waals surface area contributed by atoms with Crippen molar-refractivity contribution < 1.29 is 23.5 Å². The molecule has 2 rings (SSSR count). The van der Waals surface area contributed by atoms with Gasteiger partial charge in [0, 0.05) is 29.9 Å². The topological polar surface area (TPSA) is 78.4 Å². The molecule has 0 saturated carbocycles. The van der Waals surface area contributed by atoms with Gasteiger partial charge in [-0.05, 0) is 31.2 Å². The minimum Gasteiger partial charge on any atom is -0.507 e. The normalized spacial score (nSPS) is 10.2. The number of phenolic OH excluding ortho intramolecular Hbond substituents is 1. The zero-order valence-electron chi connectivity index (χ0n) is 12.2. The molecule has 5 nitrogen and oxygen atoms in total.